The fourth-order valence-corrected chi connectivity index (χ4v) is 5.28. The average molecular weight is 442 g/mol. The molecule has 3 aromatic carbocycles. The van der Waals surface area contributed by atoms with Crippen molar-refractivity contribution in [3.05, 3.63) is 99.7 Å². The van der Waals surface area contributed by atoms with Crippen molar-refractivity contribution in [2.45, 2.75) is 25.9 Å². The molecule has 4 nitrogen and oxygen atoms in total. The van der Waals surface area contributed by atoms with Crippen molar-refractivity contribution in [1.82, 2.24) is 4.57 Å². The molecular weight excluding hydrogens is 422 g/mol. The normalized spacial score (nSPS) is 19.1. The van der Waals surface area contributed by atoms with Gasteiger partial charge in [-0.05, 0) is 54.8 Å². The van der Waals surface area contributed by atoms with Gasteiger partial charge in [-0.1, -0.05) is 48.0 Å². The summed E-state index contributed by atoms with van der Waals surface area (Å²) in [6.45, 7) is 1.90. The molecule has 0 radical (unpaired) electrons. The van der Waals surface area contributed by atoms with E-state index in [1.54, 1.807) is 6.07 Å². The maximum Gasteiger partial charge on any atom is 0.262 e. The monoisotopic (exact) mass is 441 g/mol. The number of carbonyl (C=O) groups is 2. The van der Waals surface area contributed by atoms with Crippen LogP contribution in [0.25, 0.3) is 10.9 Å². The number of ether oxygens (including phenoxy) is 1. The largest absolute Gasteiger partial charge is 0.488 e. The number of hydrogen-bond acceptors (Lipinski definition) is 3. The third-order valence-corrected chi connectivity index (χ3v) is 7.13. The zero-order chi connectivity index (χ0) is 22.0. The molecule has 2 aliphatic rings. The summed E-state index contributed by atoms with van der Waals surface area (Å²) in [4.78, 5) is 26.9. The molecule has 158 valence electrons. The van der Waals surface area contributed by atoms with Crippen LogP contribution in [-0.4, -0.2) is 22.4 Å². The number of nitrogens with zero attached hydrogens (tertiary/aromatic N) is 1. The first-order valence-electron chi connectivity index (χ1n) is 10.7. The van der Waals surface area contributed by atoms with Gasteiger partial charge in [-0.25, -0.2) is 0 Å². The molecule has 0 amide bonds. The summed E-state index contributed by atoms with van der Waals surface area (Å²) >= 11 is 6.29. The molecule has 0 saturated carbocycles. The number of aromatic nitrogens is 1. The average Bonchev–Trinajstić information content (AvgIpc) is 3.13. The second kappa shape index (κ2) is 7.07. The molecule has 6 rings (SSSR count). The molecule has 4 aromatic rings. The Bertz CT molecular complexity index is 1420. The molecule has 1 aliphatic heterocycles. The zero-order valence-electron chi connectivity index (χ0n) is 17.5. The number of Topliss-reactive ketones (excluding diaryl/α,β-unsaturated/α-hetero) is 1. The highest BCUT2D eigenvalue weighted by atomic mass is 35.5. The Morgan fingerprint density at radius 1 is 1.03 bits per heavy atom. The van der Waals surface area contributed by atoms with Gasteiger partial charge in [0, 0.05) is 28.1 Å². The number of ketones is 1. The van der Waals surface area contributed by atoms with E-state index in [0.717, 1.165) is 27.7 Å². The van der Waals surface area contributed by atoms with Crippen LogP contribution < -0.4 is 4.74 Å². The molecule has 0 fully saturated rings. The lowest BCUT2D eigenvalue weighted by molar-refractivity contribution is 0.0629. The van der Waals surface area contributed by atoms with Crippen LogP contribution in [-0.2, 0) is 12.8 Å². The first-order chi connectivity index (χ1) is 15.5. The lowest BCUT2D eigenvalue weighted by Crippen LogP contribution is -2.44. The molecule has 0 saturated heterocycles. The number of hydrogen-bond donors (Lipinski definition) is 0. The molecular formula is C27H20ClNO3. The molecule has 0 bridgehead atoms. The third-order valence-electron chi connectivity index (χ3n) is 6.72. The SMILES string of the molecule is Cc1cc2c(cc1Cl)C(=O)[C@H]1Cc3c(n(C(=O)c4ccccc4)c4ccccc34)C[C@H]1O2. The van der Waals surface area contributed by atoms with E-state index in [0.29, 0.717) is 34.7 Å². The summed E-state index contributed by atoms with van der Waals surface area (Å²) < 4.78 is 8.14. The summed E-state index contributed by atoms with van der Waals surface area (Å²) in [6, 6.07) is 20.8. The summed E-state index contributed by atoms with van der Waals surface area (Å²) in [5.74, 6) is 0.292. The summed E-state index contributed by atoms with van der Waals surface area (Å²) in [5, 5.41) is 1.59. The second-order valence-electron chi connectivity index (χ2n) is 8.58. The van der Waals surface area contributed by atoms with E-state index in [2.05, 4.69) is 0 Å². The minimum Gasteiger partial charge on any atom is -0.488 e. The van der Waals surface area contributed by atoms with E-state index < -0.39 is 0 Å². The Balaban J connectivity index is 1.50. The predicted octanol–water partition coefficient (Wildman–Crippen LogP) is 5.65. The number of para-hydroxylation sites is 1. The van der Waals surface area contributed by atoms with E-state index in [1.165, 1.54) is 0 Å². The summed E-state index contributed by atoms with van der Waals surface area (Å²) in [7, 11) is 0. The van der Waals surface area contributed by atoms with Gasteiger partial charge >= 0.3 is 0 Å². The first kappa shape index (κ1) is 19.3. The van der Waals surface area contributed by atoms with Crippen LogP contribution in [0.3, 0.4) is 0 Å². The Labute approximate surface area is 190 Å². The first-order valence-corrected chi connectivity index (χ1v) is 11.1. The van der Waals surface area contributed by atoms with Crippen LogP contribution in [0.5, 0.6) is 5.75 Å². The fourth-order valence-electron chi connectivity index (χ4n) is 5.12. The molecule has 32 heavy (non-hydrogen) atoms. The van der Waals surface area contributed by atoms with Gasteiger partial charge in [0.05, 0.1) is 17.0 Å². The van der Waals surface area contributed by atoms with Crippen molar-refractivity contribution in [2.24, 2.45) is 5.92 Å². The number of halogens is 1. The maximum absolute atomic E-state index is 13.5. The van der Waals surface area contributed by atoms with E-state index >= 15 is 0 Å². The Hall–Kier alpha value is -3.37. The van der Waals surface area contributed by atoms with Crippen molar-refractivity contribution in [3.63, 3.8) is 0 Å². The molecule has 0 unspecified atom stereocenters. The highest BCUT2D eigenvalue weighted by Crippen LogP contribution is 2.42. The minimum absolute atomic E-state index is 0.0633. The van der Waals surface area contributed by atoms with Gasteiger partial charge in [-0.3, -0.25) is 14.2 Å². The number of benzene rings is 3. The van der Waals surface area contributed by atoms with Crippen molar-refractivity contribution in [3.8, 4) is 5.75 Å². The Morgan fingerprint density at radius 3 is 2.59 bits per heavy atom. The van der Waals surface area contributed by atoms with Crippen molar-refractivity contribution < 1.29 is 14.3 Å². The maximum atomic E-state index is 13.5. The molecule has 5 heteroatoms. The Morgan fingerprint density at radius 2 is 1.78 bits per heavy atom. The lowest BCUT2D eigenvalue weighted by atomic mass is 9.77. The van der Waals surface area contributed by atoms with Crippen molar-refractivity contribution in [2.75, 3.05) is 0 Å². The van der Waals surface area contributed by atoms with E-state index in [1.807, 2.05) is 72.2 Å². The summed E-state index contributed by atoms with van der Waals surface area (Å²) in [5.41, 5.74) is 4.92. The number of fused-ring (bicyclic) bond motifs is 5. The Kier molecular flexibility index (Phi) is 4.27. The number of carbonyl (C=O) groups excluding carboxylic acids is 2. The van der Waals surface area contributed by atoms with Crippen LogP contribution in [0.15, 0.2) is 66.7 Å². The third kappa shape index (κ3) is 2.76. The topological polar surface area (TPSA) is 48.3 Å². The van der Waals surface area contributed by atoms with Crippen LogP contribution >= 0.6 is 11.6 Å². The highest BCUT2D eigenvalue weighted by molar-refractivity contribution is 6.32. The standard InChI is InChI=1S/C27H20ClNO3/c1-15-11-24-20(13-21(15)28)26(30)19-12-18-17-9-5-6-10-22(17)29(23(18)14-25(19)32-24)27(31)16-7-3-2-4-8-16/h2-11,13,19,25H,12,14H2,1H3/t19-,25+/m0/s1. The molecule has 0 N–H and O–H groups in total. The van der Waals surface area contributed by atoms with Gasteiger partial charge in [0.25, 0.3) is 5.91 Å². The highest BCUT2D eigenvalue weighted by Gasteiger charge is 2.43. The van der Waals surface area contributed by atoms with Crippen LogP contribution in [0.2, 0.25) is 5.02 Å². The van der Waals surface area contributed by atoms with Gasteiger partial charge < -0.3 is 4.74 Å². The molecule has 0 spiro atoms. The number of rotatable bonds is 1. The van der Waals surface area contributed by atoms with Gasteiger partial charge in [-0.15, -0.1) is 0 Å². The second-order valence-corrected chi connectivity index (χ2v) is 8.99. The van der Waals surface area contributed by atoms with Gasteiger partial charge in [0.2, 0.25) is 0 Å². The van der Waals surface area contributed by atoms with Gasteiger partial charge in [-0.2, -0.15) is 0 Å². The molecule has 2 atom stereocenters. The van der Waals surface area contributed by atoms with Crippen molar-refractivity contribution in [1.29, 1.82) is 0 Å². The number of aryl methyl sites for hydroxylation is 1. The van der Waals surface area contributed by atoms with E-state index in [4.69, 9.17) is 16.3 Å². The van der Waals surface area contributed by atoms with Crippen LogP contribution in [0, 0.1) is 12.8 Å². The minimum atomic E-state index is -0.310. The summed E-state index contributed by atoms with van der Waals surface area (Å²) in [6.07, 6.45) is 0.731. The fraction of sp³-hybridized carbons (Fsp3) is 0.185. The quantitative estimate of drug-likeness (QED) is 0.383. The molecule has 1 aliphatic carbocycles. The predicted molar refractivity (Wildman–Crippen MR) is 124 cm³/mol. The smallest absolute Gasteiger partial charge is 0.262 e. The van der Waals surface area contributed by atoms with Crippen molar-refractivity contribution >= 4 is 34.2 Å². The van der Waals surface area contributed by atoms with Gasteiger partial charge in [0.1, 0.15) is 11.9 Å². The zero-order valence-corrected chi connectivity index (χ0v) is 18.2. The van der Waals surface area contributed by atoms with E-state index in [9.17, 15) is 9.59 Å². The van der Waals surface area contributed by atoms with E-state index in [-0.39, 0.29) is 23.7 Å². The molecule has 2 heterocycles. The lowest BCUT2D eigenvalue weighted by Gasteiger charge is -2.36. The molecule has 1 aromatic heterocycles. The van der Waals surface area contributed by atoms with Gasteiger partial charge in [0.15, 0.2) is 5.78 Å². The van der Waals surface area contributed by atoms with Crippen LogP contribution in [0.1, 0.15) is 37.5 Å². The van der Waals surface area contributed by atoms with Crippen LogP contribution in [0.4, 0.5) is 0 Å².